The van der Waals surface area contributed by atoms with Gasteiger partial charge in [-0.1, -0.05) is 0 Å². The first kappa shape index (κ1) is 14.6. The Hall–Kier alpha value is -1.30. The molecule has 0 aliphatic carbocycles. The Labute approximate surface area is 125 Å². The molecular formula is C16H23NO4. The summed E-state index contributed by atoms with van der Waals surface area (Å²) >= 11 is 0. The van der Waals surface area contributed by atoms with E-state index in [1.165, 1.54) is 0 Å². The molecule has 5 heteroatoms. The molecule has 0 spiro atoms. The van der Waals surface area contributed by atoms with Gasteiger partial charge >= 0.3 is 0 Å². The molecule has 3 rings (SSSR count). The van der Waals surface area contributed by atoms with E-state index >= 15 is 0 Å². The van der Waals surface area contributed by atoms with Crippen molar-refractivity contribution in [3.05, 3.63) is 23.8 Å². The Morgan fingerprint density at radius 1 is 1.38 bits per heavy atom. The van der Waals surface area contributed by atoms with E-state index < -0.39 is 11.5 Å². The summed E-state index contributed by atoms with van der Waals surface area (Å²) < 4.78 is 16.6. The van der Waals surface area contributed by atoms with Crippen LogP contribution < -0.4 is 15.2 Å². The molecule has 0 amide bonds. The van der Waals surface area contributed by atoms with Crippen molar-refractivity contribution in [1.29, 1.82) is 0 Å². The second-order valence-electron chi connectivity index (χ2n) is 5.98. The Bertz CT molecular complexity index is 521. The minimum atomic E-state index is -0.696. The highest BCUT2D eigenvalue weighted by atomic mass is 16.5. The molecule has 4 unspecified atom stereocenters. The summed E-state index contributed by atoms with van der Waals surface area (Å²) in [7, 11) is 3.20. The Morgan fingerprint density at radius 3 is 2.71 bits per heavy atom. The largest absolute Gasteiger partial charge is 0.497 e. The molecule has 2 heterocycles. The van der Waals surface area contributed by atoms with Crippen molar-refractivity contribution in [2.24, 2.45) is 11.1 Å². The highest BCUT2D eigenvalue weighted by Gasteiger charge is 2.56. The van der Waals surface area contributed by atoms with E-state index in [1.54, 1.807) is 20.3 Å². The SMILES string of the molecule is COc1ccc(C(O)C2(CN)CC3CCC2O3)c(OC)c1. The van der Waals surface area contributed by atoms with Crippen LogP contribution in [0, 0.1) is 5.41 Å². The van der Waals surface area contributed by atoms with Gasteiger partial charge in [-0.3, -0.25) is 0 Å². The third-order valence-corrected chi connectivity index (χ3v) is 5.02. The Morgan fingerprint density at radius 2 is 2.19 bits per heavy atom. The molecule has 5 nitrogen and oxygen atoms in total. The lowest BCUT2D eigenvalue weighted by molar-refractivity contribution is -0.0273. The maximum atomic E-state index is 11.0. The van der Waals surface area contributed by atoms with Gasteiger partial charge in [0.2, 0.25) is 0 Å². The second kappa shape index (κ2) is 5.48. The fourth-order valence-electron chi connectivity index (χ4n) is 3.80. The lowest BCUT2D eigenvalue weighted by atomic mass is 9.68. The molecule has 2 aliphatic rings. The van der Waals surface area contributed by atoms with Crippen molar-refractivity contribution in [2.45, 2.75) is 37.6 Å². The second-order valence-corrected chi connectivity index (χ2v) is 5.98. The maximum absolute atomic E-state index is 11.0. The molecule has 2 fully saturated rings. The fraction of sp³-hybridized carbons (Fsp3) is 0.625. The molecule has 0 aromatic heterocycles. The van der Waals surface area contributed by atoms with Crippen molar-refractivity contribution in [3.63, 3.8) is 0 Å². The number of aliphatic hydroxyl groups is 1. The van der Waals surface area contributed by atoms with E-state index in [1.807, 2.05) is 12.1 Å². The summed E-state index contributed by atoms with van der Waals surface area (Å²) in [4.78, 5) is 0. The van der Waals surface area contributed by atoms with Crippen molar-refractivity contribution in [3.8, 4) is 11.5 Å². The van der Waals surface area contributed by atoms with Gasteiger partial charge in [0.05, 0.1) is 32.5 Å². The minimum Gasteiger partial charge on any atom is -0.497 e. The number of methoxy groups -OCH3 is 2. The van der Waals surface area contributed by atoms with Gasteiger partial charge in [-0.15, -0.1) is 0 Å². The van der Waals surface area contributed by atoms with E-state index in [-0.39, 0.29) is 12.2 Å². The first-order valence-corrected chi connectivity index (χ1v) is 7.40. The van der Waals surface area contributed by atoms with Crippen LogP contribution in [0.4, 0.5) is 0 Å². The third-order valence-electron chi connectivity index (χ3n) is 5.02. The number of aliphatic hydroxyl groups excluding tert-OH is 1. The highest BCUT2D eigenvalue weighted by Crippen LogP contribution is 2.54. The number of hydrogen-bond acceptors (Lipinski definition) is 5. The molecule has 116 valence electrons. The van der Waals surface area contributed by atoms with Gasteiger partial charge in [-0.2, -0.15) is 0 Å². The Kier molecular flexibility index (Phi) is 3.82. The summed E-state index contributed by atoms with van der Waals surface area (Å²) in [6, 6.07) is 5.47. The molecule has 0 saturated carbocycles. The van der Waals surface area contributed by atoms with Crippen LogP contribution in [0.25, 0.3) is 0 Å². The van der Waals surface area contributed by atoms with Gasteiger partial charge < -0.3 is 25.1 Å². The van der Waals surface area contributed by atoms with Crippen molar-refractivity contribution in [1.82, 2.24) is 0 Å². The van der Waals surface area contributed by atoms with Crippen molar-refractivity contribution < 1.29 is 19.3 Å². The number of ether oxygens (including phenoxy) is 3. The molecule has 3 N–H and O–H groups in total. The molecule has 2 saturated heterocycles. The van der Waals surface area contributed by atoms with Gasteiger partial charge in [0.25, 0.3) is 0 Å². The van der Waals surface area contributed by atoms with E-state index in [4.69, 9.17) is 19.9 Å². The zero-order chi connectivity index (χ0) is 15.0. The number of benzene rings is 1. The topological polar surface area (TPSA) is 73.9 Å². The fourth-order valence-corrected chi connectivity index (χ4v) is 3.80. The molecule has 1 aromatic carbocycles. The first-order chi connectivity index (χ1) is 10.1. The molecule has 1 aromatic rings. The molecular weight excluding hydrogens is 270 g/mol. The number of nitrogens with two attached hydrogens (primary N) is 1. The maximum Gasteiger partial charge on any atom is 0.128 e. The predicted molar refractivity (Wildman–Crippen MR) is 78.5 cm³/mol. The summed E-state index contributed by atoms with van der Waals surface area (Å²) in [5, 5.41) is 11.0. The monoisotopic (exact) mass is 293 g/mol. The van der Waals surface area contributed by atoms with Gasteiger partial charge in [0, 0.05) is 23.6 Å². The summed E-state index contributed by atoms with van der Waals surface area (Å²) in [5.41, 5.74) is 6.37. The van der Waals surface area contributed by atoms with Crippen LogP contribution in [-0.4, -0.2) is 38.1 Å². The lowest BCUT2D eigenvalue weighted by Crippen LogP contribution is -2.44. The predicted octanol–water partition coefficient (Wildman–Crippen LogP) is 1.63. The van der Waals surface area contributed by atoms with Gasteiger partial charge in [0.15, 0.2) is 0 Å². The summed E-state index contributed by atoms with van der Waals surface area (Å²) in [6.45, 7) is 0.407. The van der Waals surface area contributed by atoms with Gasteiger partial charge in [-0.25, -0.2) is 0 Å². The number of hydrogen-bond donors (Lipinski definition) is 2. The molecule has 21 heavy (non-hydrogen) atoms. The first-order valence-electron chi connectivity index (χ1n) is 7.40. The highest BCUT2D eigenvalue weighted by molar-refractivity contribution is 5.43. The Balaban J connectivity index is 1.95. The zero-order valence-corrected chi connectivity index (χ0v) is 12.5. The van der Waals surface area contributed by atoms with E-state index in [0.29, 0.717) is 18.0 Å². The summed E-state index contributed by atoms with van der Waals surface area (Å²) in [5.74, 6) is 1.33. The smallest absolute Gasteiger partial charge is 0.128 e. The van der Waals surface area contributed by atoms with Crippen LogP contribution in [0.1, 0.15) is 30.9 Å². The number of rotatable bonds is 5. The van der Waals surface area contributed by atoms with Crippen molar-refractivity contribution in [2.75, 3.05) is 20.8 Å². The zero-order valence-electron chi connectivity index (χ0n) is 12.5. The molecule has 2 bridgehead atoms. The summed E-state index contributed by atoms with van der Waals surface area (Å²) in [6.07, 6.45) is 2.42. The van der Waals surface area contributed by atoms with Crippen LogP contribution in [0.2, 0.25) is 0 Å². The van der Waals surface area contributed by atoms with Crippen LogP contribution in [0.5, 0.6) is 11.5 Å². The molecule has 4 atom stereocenters. The molecule has 2 aliphatic heterocycles. The third kappa shape index (κ3) is 2.20. The van der Waals surface area contributed by atoms with Crippen LogP contribution in [-0.2, 0) is 4.74 Å². The lowest BCUT2D eigenvalue weighted by Gasteiger charge is -2.39. The van der Waals surface area contributed by atoms with Crippen molar-refractivity contribution >= 4 is 0 Å². The van der Waals surface area contributed by atoms with Crippen LogP contribution in [0.15, 0.2) is 18.2 Å². The van der Waals surface area contributed by atoms with Gasteiger partial charge in [0.1, 0.15) is 11.5 Å². The van der Waals surface area contributed by atoms with Crippen LogP contribution in [0.3, 0.4) is 0 Å². The van der Waals surface area contributed by atoms with Gasteiger partial charge in [-0.05, 0) is 31.4 Å². The van der Waals surface area contributed by atoms with Crippen LogP contribution >= 0.6 is 0 Å². The minimum absolute atomic E-state index is 0.0364. The van der Waals surface area contributed by atoms with E-state index in [9.17, 15) is 5.11 Å². The molecule has 0 radical (unpaired) electrons. The normalized spacial score (nSPS) is 32.2. The quantitative estimate of drug-likeness (QED) is 0.863. The standard InChI is InChI=1S/C16H23NO4/c1-19-10-3-5-12(13(7-10)20-2)15(18)16(9-17)8-11-4-6-14(16)21-11/h3,5,7,11,14-15,18H,4,6,8-9,17H2,1-2H3. The number of fused-ring (bicyclic) bond motifs is 2. The van der Waals surface area contributed by atoms with E-state index in [2.05, 4.69) is 0 Å². The van der Waals surface area contributed by atoms with E-state index in [0.717, 1.165) is 24.8 Å². The average molecular weight is 293 g/mol. The average Bonchev–Trinajstić information content (AvgIpc) is 3.14.